The van der Waals surface area contributed by atoms with E-state index >= 15 is 0 Å². The van der Waals surface area contributed by atoms with Crippen molar-refractivity contribution in [2.75, 3.05) is 13.2 Å². The van der Waals surface area contributed by atoms with E-state index in [-0.39, 0.29) is 0 Å². The average molecular weight is 298 g/mol. The predicted octanol–water partition coefficient (Wildman–Crippen LogP) is 3.82. The van der Waals surface area contributed by atoms with Crippen LogP contribution in [0.4, 0.5) is 0 Å². The molecule has 17 heavy (non-hydrogen) atoms. The van der Waals surface area contributed by atoms with Crippen LogP contribution >= 0.6 is 15.9 Å². The molecule has 0 atom stereocenters. The quantitative estimate of drug-likeness (QED) is 0.806. The van der Waals surface area contributed by atoms with Gasteiger partial charge in [0, 0.05) is 16.6 Å². The fraction of sp³-hybridized carbons (Fsp3) is 0.429. The predicted molar refractivity (Wildman–Crippen MR) is 76.6 cm³/mol. The molecule has 0 aromatic heterocycles. The molecule has 0 aliphatic heterocycles. The van der Waals surface area contributed by atoms with Crippen LogP contribution in [0.15, 0.2) is 28.8 Å². The molecule has 1 rings (SSSR count). The Kier molecular flexibility index (Phi) is 6.30. The van der Waals surface area contributed by atoms with Crippen molar-refractivity contribution in [1.82, 2.24) is 5.32 Å². The fourth-order valence-electron chi connectivity index (χ4n) is 1.62. The lowest BCUT2D eigenvalue weighted by atomic mass is 10.1. The zero-order chi connectivity index (χ0) is 12.7. The van der Waals surface area contributed by atoms with E-state index in [9.17, 15) is 0 Å². The summed E-state index contributed by atoms with van der Waals surface area (Å²) in [6, 6.07) is 4.20. The average Bonchev–Trinajstić information content (AvgIpc) is 2.29. The van der Waals surface area contributed by atoms with E-state index in [0.29, 0.717) is 6.61 Å². The van der Waals surface area contributed by atoms with E-state index in [1.165, 1.54) is 5.56 Å². The third-order valence-electron chi connectivity index (χ3n) is 2.44. The van der Waals surface area contributed by atoms with Gasteiger partial charge in [0.15, 0.2) is 0 Å². The molecule has 0 aliphatic rings. The number of hydrogen-bond acceptors (Lipinski definition) is 2. The molecule has 0 unspecified atom stereocenters. The number of rotatable bonds is 6. The van der Waals surface area contributed by atoms with Crippen LogP contribution in [0.3, 0.4) is 0 Å². The molecule has 2 nitrogen and oxygen atoms in total. The largest absolute Gasteiger partial charge is 0.489 e. The Hall–Kier alpha value is -0.800. The minimum atomic E-state index is 0.623. The van der Waals surface area contributed by atoms with Gasteiger partial charge in [-0.2, -0.15) is 0 Å². The van der Waals surface area contributed by atoms with Crippen molar-refractivity contribution in [3.8, 4) is 5.75 Å². The summed E-state index contributed by atoms with van der Waals surface area (Å²) < 4.78 is 6.91. The van der Waals surface area contributed by atoms with E-state index in [4.69, 9.17) is 4.74 Å². The van der Waals surface area contributed by atoms with Gasteiger partial charge in [-0.05, 0) is 38.1 Å². The highest BCUT2D eigenvalue weighted by Gasteiger charge is 2.08. The lowest BCUT2D eigenvalue weighted by molar-refractivity contribution is 0.355. The number of benzene rings is 1. The molecule has 1 aromatic rings. The first-order chi connectivity index (χ1) is 8.19. The van der Waals surface area contributed by atoms with Gasteiger partial charge in [0.05, 0.1) is 0 Å². The van der Waals surface area contributed by atoms with Gasteiger partial charge in [-0.25, -0.2) is 0 Å². The summed E-state index contributed by atoms with van der Waals surface area (Å²) >= 11 is 3.52. The molecule has 0 fully saturated rings. The lowest BCUT2D eigenvalue weighted by Gasteiger charge is -2.14. The van der Waals surface area contributed by atoms with E-state index in [2.05, 4.69) is 47.2 Å². The molecule has 0 aliphatic carbocycles. The Morgan fingerprint density at radius 3 is 2.82 bits per heavy atom. The van der Waals surface area contributed by atoms with Crippen LogP contribution in [0.25, 0.3) is 0 Å². The number of aryl methyl sites for hydroxylation is 1. The summed E-state index contributed by atoms with van der Waals surface area (Å²) in [6.07, 6.45) is 4.01. The molecular formula is C14H20BrNO. The molecule has 3 heteroatoms. The molecule has 0 saturated carbocycles. The van der Waals surface area contributed by atoms with Crippen LogP contribution in [0, 0.1) is 6.92 Å². The van der Waals surface area contributed by atoms with Gasteiger partial charge in [0.25, 0.3) is 0 Å². The number of halogens is 1. The van der Waals surface area contributed by atoms with Crippen molar-refractivity contribution in [2.45, 2.75) is 27.3 Å². The SMILES string of the molecule is C/C=C/COc1c(C)cc(Br)cc1CNCC. The molecule has 1 N–H and O–H groups in total. The number of allylic oxidation sites excluding steroid dienone is 1. The summed E-state index contributed by atoms with van der Waals surface area (Å²) in [4.78, 5) is 0. The second kappa shape index (κ2) is 7.51. The first-order valence-electron chi connectivity index (χ1n) is 5.92. The maximum Gasteiger partial charge on any atom is 0.127 e. The molecule has 0 bridgehead atoms. The Morgan fingerprint density at radius 1 is 1.41 bits per heavy atom. The summed E-state index contributed by atoms with van der Waals surface area (Å²) in [5.74, 6) is 0.993. The summed E-state index contributed by atoms with van der Waals surface area (Å²) in [6.45, 7) is 8.59. The monoisotopic (exact) mass is 297 g/mol. The van der Waals surface area contributed by atoms with Gasteiger partial charge in [-0.3, -0.25) is 0 Å². The number of hydrogen-bond donors (Lipinski definition) is 1. The summed E-state index contributed by atoms with van der Waals surface area (Å²) in [5, 5.41) is 3.33. The van der Waals surface area contributed by atoms with Gasteiger partial charge in [-0.15, -0.1) is 0 Å². The van der Waals surface area contributed by atoms with Gasteiger partial charge in [0.1, 0.15) is 12.4 Å². The zero-order valence-corrected chi connectivity index (χ0v) is 12.3. The number of ether oxygens (including phenoxy) is 1. The van der Waals surface area contributed by atoms with Crippen molar-refractivity contribution in [1.29, 1.82) is 0 Å². The van der Waals surface area contributed by atoms with Gasteiger partial charge in [-0.1, -0.05) is 35.0 Å². The molecule has 0 amide bonds. The first kappa shape index (κ1) is 14.3. The van der Waals surface area contributed by atoms with E-state index < -0.39 is 0 Å². The van der Waals surface area contributed by atoms with E-state index in [0.717, 1.165) is 28.9 Å². The molecule has 0 heterocycles. The summed E-state index contributed by atoms with van der Waals surface area (Å²) in [7, 11) is 0. The highest BCUT2D eigenvalue weighted by molar-refractivity contribution is 9.10. The molecular weight excluding hydrogens is 278 g/mol. The van der Waals surface area contributed by atoms with Crippen LogP contribution in [-0.4, -0.2) is 13.2 Å². The number of nitrogens with one attached hydrogen (secondary N) is 1. The molecule has 0 saturated heterocycles. The van der Waals surface area contributed by atoms with Crippen molar-refractivity contribution < 1.29 is 4.74 Å². The van der Waals surface area contributed by atoms with Crippen molar-refractivity contribution in [3.05, 3.63) is 39.9 Å². The van der Waals surface area contributed by atoms with Gasteiger partial charge in [0.2, 0.25) is 0 Å². The standard InChI is InChI=1S/C14H20BrNO/c1-4-6-7-17-14-11(3)8-13(15)9-12(14)10-16-5-2/h4,6,8-9,16H,5,7,10H2,1-3H3/b6-4+. The highest BCUT2D eigenvalue weighted by atomic mass is 79.9. The van der Waals surface area contributed by atoms with Crippen molar-refractivity contribution in [2.24, 2.45) is 0 Å². The van der Waals surface area contributed by atoms with Gasteiger partial charge < -0.3 is 10.1 Å². The minimum absolute atomic E-state index is 0.623. The van der Waals surface area contributed by atoms with Crippen LogP contribution in [0.5, 0.6) is 5.75 Å². The van der Waals surface area contributed by atoms with Crippen LogP contribution in [0.2, 0.25) is 0 Å². The smallest absolute Gasteiger partial charge is 0.127 e. The normalized spacial score (nSPS) is 11.1. The summed E-state index contributed by atoms with van der Waals surface area (Å²) in [5.41, 5.74) is 2.36. The Labute approximate surface area is 112 Å². The van der Waals surface area contributed by atoms with Gasteiger partial charge >= 0.3 is 0 Å². The minimum Gasteiger partial charge on any atom is -0.489 e. The third kappa shape index (κ3) is 4.52. The molecule has 0 radical (unpaired) electrons. The highest BCUT2D eigenvalue weighted by Crippen LogP contribution is 2.28. The maximum atomic E-state index is 5.81. The topological polar surface area (TPSA) is 21.3 Å². The fourth-order valence-corrected chi connectivity index (χ4v) is 2.24. The maximum absolute atomic E-state index is 5.81. The van der Waals surface area contributed by atoms with Crippen LogP contribution in [0.1, 0.15) is 25.0 Å². The first-order valence-corrected chi connectivity index (χ1v) is 6.72. The zero-order valence-electron chi connectivity index (χ0n) is 10.7. The second-order valence-electron chi connectivity index (χ2n) is 3.87. The second-order valence-corrected chi connectivity index (χ2v) is 4.79. The van der Waals surface area contributed by atoms with Crippen molar-refractivity contribution in [3.63, 3.8) is 0 Å². The van der Waals surface area contributed by atoms with Crippen LogP contribution < -0.4 is 10.1 Å². The third-order valence-corrected chi connectivity index (χ3v) is 2.90. The molecule has 0 spiro atoms. The van der Waals surface area contributed by atoms with Crippen LogP contribution in [-0.2, 0) is 6.54 Å². The Bertz CT molecular complexity index is 388. The van der Waals surface area contributed by atoms with Crippen molar-refractivity contribution >= 4 is 15.9 Å². The van der Waals surface area contributed by atoms with E-state index in [1.54, 1.807) is 0 Å². The Morgan fingerprint density at radius 2 is 2.18 bits per heavy atom. The molecule has 1 aromatic carbocycles. The Balaban J connectivity index is 2.89. The molecule has 94 valence electrons. The van der Waals surface area contributed by atoms with E-state index in [1.807, 2.05) is 19.1 Å². The lowest BCUT2D eigenvalue weighted by Crippen LogP contribution is -2.13.